The second kappa shape index (κ2) is 14.0. The summed E-state index contributed by atoms with van der Waals surface area (Å²) in [7, 11) is 0. The van der Waals surface area contributed by atoms with Crippen LogP contribution in [0.2, 0.25) is 0 Å². The summed E-state index contributed by atoms with van der Waals surface area (Å²) in [5, 5.41) is 0. The zero-order valence-electron chi connectivity index (χ0n) is 21.4. The fourth-order valence-corrected chi connectivity index (χ4v) is 3.74. The van der Waals surface area contributed by atoms with Gasteiger partial charge in [-0.2, -0.15) is 31.0 Å². The van der Waals surface area contributed by atoms with Gasteiger partial charge in [-0.15, -0.1) is 11.1 Å². The van der Waals surface area contributed by atoms with Crippen LogP contribution in [0, 0.1) is 62.8 Å². The maximum absolute atomic E-state index is 4.58. The van der Waals surface area contributed by atoms with Crippen molar-refractivity contribution in [3.63, 3.8) is 0 Å². The summed E-state index contributed by atoms with van der Waals surface area (Å²) in [6.07, 6.45) is 0.834. The molecule has 4 heteroatoms. The average molecular weight is 424 g/mol. The number of aromatic nitrogens is 2. The van der Waals surface area contributed by atoms with E-state index >= 15 is 0 Å². The first-order chi connectivity index (χ1) is 14.2. The van der Waals surface area contributed by atoms with Crippen molar-refractivity contribution in [2.45, 2.75) is 54.5 Å². The van der Waals surface area contributed by atoms with E-state index in [1.54, 1.807) is 0 Å². The predicted octanol–water partition coefficient (Wildman–Crippen LogP) is 3.88. The van der Waals surface area contributed by atoms with E-state index in [0.717, 1.165) is 42.4 Å². The van der Waals surface area contributed by atoms with Gasteiger partial charge in [-0.05, 0) is 45.9 Å². The fourth-order valence-electron chi connectivity index (χ4n) is 3.74. The van der Waals surface area contributed by atoms with E-state index in [1.807, 2.05) is 19.9 Å². The molecule has 0 radical (unpaired) electrons. The fraction of sp³-hybridized carbons (Fsp3) is 0.321. The largest absolute Gasteiger partial charge is 1.00 e. The molecule has 0 atom stereocenters. The van der Waals surface area contributed by atoms with E-state index in [9.17, 15) is 0 Å². The van der Waals surface area contributed by atoms with Crippen LogP contribution >= 0.6 is 0 Å². The minimum Gasteiger partial charge on any atom is -0.358 e. The summed E-state index contributed by atoms with van der Waals surface area (Å²) in [6, 6.07) is 15.0. The van der Waals surface area contributed by atoms with Gasteiger partial charge in [0.1, 0.15) is 0 Å². The molecule has 0 aliphatic carbocycles. The van der Waals surface area contributed by atoms with Crippen molar-refractivity contribution in [2.75, 3.05) is 11.4 Å². The van der Waals surface area contributed by atoms with Crippen LogP contribution in [0.5, 0.6) is 0 Å². The predicted molar refractivity (Wildman–Crippen MR) is 135 cm³/mol. The summed E-state index contributed by atoms with van der Waals surface area (Å²) in [5.41, 5.74) is 9.58. The molecule has 2 aromatic carbocycles. The second-order valence-corrected chi connectivity index (χ2v) is 8.22. The van der Waals surface area contributed by atoms with Crippen molar-refractivity contribution in [1.82, 2.24) is 9.97 Å². The van der Waals surface area contributed by atoms with E-state index in [-0.39, 0.29) is 26.3 Å². The van der Waals surface area contributed by atoms with Crippen LogP contribution in [0.4, 0.5) is 5.95 Å². The molecule has 3 rings (SSSR count). The first-order valence-electron chi connectivity index (χ1n) is 10.5. The Labute approximate surface area is 208 Å². The van der Waals surface area contributed by atoms with Gasteiger partial charge in [-0.1, -0.05) is 49.2 Å². The summed E-state index contributed by atoms with van der Waals surface area (Å²) >= 11 is 0. The van der Waals surface area contributed by atoms with Crippen molar-refractivity contribution < 1.29 is 18.9 Å². The molecule has 32 heavy (non-hydrogen) atoms. The third-order valence-corrected chi connectivity index (χ3v) is 4.62. The number of nitrogens with zero attached hydrogens (tertiary/aromatic N) is 3. The normalized spacial score (nSPS) is 9.72. The minimum absolute atomic E-state index is 0. The molecule has 3 aromatic rings. The molecule has 0 unspecified atom stereocenters. The molecule has 1 aromatic heterocycles. The Hall–Kier alpha value is -2.21. The van der Waals surface area contributed by atoms with Gasteiger partial charge in [-0.25, -0.2) is 9.97 Å². The molecule has 0 fully saturated rings. The first-order valence-corrected chi connectivity index (χ1v) is 10.5. The van der Waals surface area contributed by atoms with Gasteiger partial charge in [0.25, 0.3) is 0 Å². The van der Waals surface area contributed by atoms with Gasteiger partial charge in [0.05, 0.1) is 0 Å². The number of rotatable bonds is 5. The standard InChI is InChI=1S/C18H24N3.C9H11.CH3.Li/c1-6-7-21(18-19-15(4)11-16(5)20-18)12-17-9-13(2)8-14(3)10-17;1-7-4-8(2)6-9(3)5-7;;/h8-11H,1,6-7,12H2,2-5H3;4-6H,1H2,2-3H3;1H3;/q3*-1;+1. The Morgan fingerprint density at radius 2 is 1.16 bits per heavy atom. The van der Waals surface area contributed by atoms with Crippen molar-refractivity contribution >= 4 is 5.95 Å². The summed E-state index contributed by atoms with van der Waals surface area (Å²) < 4.78 is 0. The molecular formula is C28H38LiN3-2. The van der Waals surface area contributed by atoms with Crippen molar-refractivity contribution in [3.05, 3.63) is 109 Å². The second-order valence-electron chi connectivity index (χ2n) is 8.22. The van der Waals surface area contributed by atoms with Crippen LogP contribution in [0.25, 0.3) is 0 Å². The monoisotopic (exact) mass is 423 g/mol. The van der Waals surface area contributed by atoms with E-state index in [2.05, 4.69) is 92.8 Å². The number of hydrogen-bond donors (Lipinski definition) is 0. The Morgan fingerprint density at radius 3 is 1.56 bits per heavy atom. The molecule has 168 valence electrons. The van der Waals surface area contributed by atoms with Crippen LogP contribution < -0.4 is 23.8 Å². The number of benzene rings is 2. The molecule has 0 spiro atoms. The maximum atomic E-state index is 4.58. The average Bonchev–Trinajstić information content (AvgIpc) is 2.59. The van der Waals surface area contributed by atoms with Crippen LogP contribution in [0.3, 0.4) is 0 Å². The topological polar surface area (TPSA) is 29.0 Å². The van der Waals surface area contributed by atoms with Crippen molar-refractivity contribution in [1.29, 1.82) is 0 Å². The first kappa shape index (κ1) is 29.8. The summed E-state index contributed by atoms with van der Waals surface area (Å²) in [5.74, 6) is 0.801. The molecule has 0 amide bonds. The van der Waals surface area contributed by atoms with Crippen molar-refractivity contribution in [2.24, 2.45) is 0 Å². The minimum atomic E-state index is 0. The molecule has 1 heterocycles. The summed E-state index contributed by atoms with van der Waals surface area (Å²) in [4.78, 5) is 11.4. The molecule has 0 aliphatic rings. The van der Waals surface area contributed by atoms with Crippen LogP contribution in [-0.4, -0.2) is 16.5 Å². The van der Waals surface area contributed by atoms with E-state index in [0.29, 0.717) is 0 Å². The Balaban J connectivity index is 0.000000741. The third kappa shape index (κ3) is 9.94. The van der Waals surface area contributed by atoms with Crippen LogP contribution in [0.1, 0.15) is 51.2 Å². The zero-order valence-corrected chi connectivity index (χ0v) is 21.4. The van der Waals surface area contributed by atoms with E-state index < -0.39 is 0 Å². The maximum Gasteiger partial charge on any atom is 1.00 e. The van der Waals surface area contributed by atoms with Gasteiger partial charge < -0.3 is 19.3 Å². The van der Waals surface area contributed by atoms with E-state index in [4.69, 9.17) is 0 Å². The molecular weight excluding hydrogens is 385 g/mol. The number of aryl methyl sites for hydroxylation is 6. The molecule has 0 saturated heterocycles. The van der Waals surface area contributed by atoms with Crippen molar-refractivity contribution in [3.8, 4) is 0 Å². The van der Waals surface area contributed by atoms with Gasteiger partial charge >= 0.3 is 18.9 Å². The Bertz CT molecular complexity index is 891. The third-order valence-electron chi connectivity index (χ3n) is 4.62. The van der Waals surface area contributed by atoms with Gasteiger partial charge in [-0.3, -0.25) is 0 Å². The smallest absolute Gasteiger partial charge is 0.358 e. The number of hydrogen-bond acceptors (Lipinski definition) is 3. The zero-order chi connectivity index (χ0) is 22.3. The Kier molecular flexibility index (Phi) is 13.1. The molecule has 0 N–H and O–H groups in total. The van der Waals surface area contributed by atoms with Gasteiger partial charge in [0, 0.05) is 17.9 Å². The molecule has 0 bridgehead atoms. The van der Waals surface area contributed by atoms with Gasteiger partial charge in [0.15, 0.2) is 0 Å². The Morgan fingerprint density at radius 1 is 0.719 bits per heavy atom. The SMILES string of the molecule is [CH2-]CCN(Cc1cc(C)cc(C)c1)c1nc(C)cc(C)n1.[CH2-]c1cc(C)cc(C)c1.[CH3-].[Li+]. The van der Waals surface area contributed by atoms with Gasteiger partial charge in [0.2, 0.25) is 5.95 Å². The van der Waals surface area contributed by atoms with E-state index in [1.165, 1.54) is 27.8 Å². The molecule has 0 aliphatic heterocycles. The summed E-state index contributed by atoms with van der Waals surface area (Å²) in [6.45, 7) is 22.0. The van der Waals surface area contributed by atoms with Crippen LogP contribution in [-0.2, 0) is 6.54 Å². The quantitative estimate of drug-likeness (QED) is 0.461. The molecule has 3 nitrogen and oxygen atoms in total. The number of anilines is 1. The molecule has 0 saturated carbocycles. The van der Waals surface area contributed by atoms with Crippen LogP contribution in [0.15, 0.2) is 42.5 Å².